The van der Waals surface area contributed by atoms with Gasteiger partial charge in [0.25, 0.3) is 5.91 Å². The van der Waals surface area contributed by atoms with Crippen molar-refractivity contribution in [2.45, 2.75) is 58.9 Å². The number of carbonyl (C=O) groups is 1. The summed E-state index contributed by atoms with van der Waals surface area (Å²) in [5.74, 6) is 0.205. The van der Waals surface area contributed by atoms with Crippen molar-refractivity contribution in [1.82, 2.24) is 15.5 Å². The van der Waals surface area contributed by atoms with E-state index in [0.717, 1.165) is 48.9 Å². The fraction of sp³-hybridized carbons (Fsp3) is 0.526. The molecule has 128 valence electrons. The Morgan fingerprint density at radius 2 is 2.12 bits per heavy atom. The van der Waals surface area contributed by atoms with Gasteiger partial charge in [0.2, 0.25) is 5.76 Å². The Kier molecular flexibility index (Phi) is 4.69. The number of aromatic nitrogens is 2. The Morgan fingerprint density at radius 1 is 1.33 bits per heavy atom. The summed E-state index contributed by atoms with van der Waals surface area (Å²) in [6.07, 6.45) is 8.35. The molecule has 3 rings (SSSR count). The number of hydrogen-bond acceptors (Lipinski definition) is 4. The molecule has 2 heterocycles. The number of fused-ring (bicyclic) bond motifs is 1. The summed E-state index contributed by atoms with van der Waals surface area (Å²) in [7, 11) is 0. The average Bonchev–Trinajstić information content (AvgIpc) is 2.98. The van der Waals surface area contributed by atoms with E-state index in [2.05, 4.69) is 36.2 Å². The quantitative estimate of drug-likeness (QED) is 0.926. The summed E-state index contributed by atoms with van der Waals surface area (Å²) in [5, 5.41) is 7.21. The summed E-state index contributed by atoms with van der Waals surface area (Å²) in [6, 6.07) is 3.79. The molecule has 5 nitrogen and oxygen atoms in total. The van der Waals surface area contributed by atoms with Gasteiger partial charge in [-0.15, -0.1) is 0 Å². The van der Waals surface area contributed by atoms with E-state index in [-0.39, 0.29) is 17.4 Å². The molecular weight excluding hydrogens is 302 g/mol. The minimum atomic E-state index is -0.177. The fourth-order valence-corrected chi connectivity index (χ4v) is 3.24. The van der Waals surface area contributed by atoms with E-state index >= 15 is 0 Å². The van der Waals surface area contributed by atoms with E-state index in [4.69, 9.17) is 4.52 Å². The van der Waals surface area contributed by atoms with Crippen LogP contribution in [0.5, 0.6) is 0 Å². The third-order valence-electron chi connectivity index (χ3n) is 4.37. The molecule has 2 aromatic rings. The number of carbonyl (C=O) groups excluding carboxylic acids is 1. The first-order valence-corrected chi connectivity index (χ1v) is 8.62. The van der Waals surface area contributed by atoms with Gasteiger partial charge in [-0.05, 0) is 49.1 Å². The van der Waals surface area contributed by atoms with E-state index in [0.29, 0.717) is 5.76 Å². The van der Waals surface area contributed by atoms with Crippen molar-refractivity contribution in [2.75, 3.05) is 0 Å². The molecule has 0 radical (unpaired) electrons. The minimum absolute atomic E-state index is 0.0780. The van der Waals surface area contributed by atoms with Crippen molar-refractivity contribution in [3.63, 3.8) is 0 Å². The molecule has 24 heavy (non-hydrogen) atoms. The highest BCUT2D eigenvalue weighted by molar-refractivity contribution is 5.93. The second-order valence-electron chi connectivity index (χ2n) is 7.72. The number of nitrogens with one attached hydrogen (secondary N) is 1. The Morgan fingerprint density at radius 3 is 2.83 bits per heavy atom. The van der Waals surface area contributed by atoms with E-state index in [1.807, 2.05) is 18.3 Å². The number of pyridine rings is 1. The Balaban J connectivity index is 1.82. The van der Waals surface area contributed by atoms with Gasteiger partial charge in [-0.1, -0.05) is 32.0 Å². The lowest BCUT2D eigenvalue weighted by molar-refractivity contribution is 0.0887. The summed E-state index contributed by atoms with van der Waals surface area (Å²) >= 11 is 0. The molecule has 1 atom stereocenters. The number of nitrogens with zero attached hydrogens (tertiary/aromatic N) is 2. The third-order valence-corrected chi connectivity index (χ3v) is 4.37. The number of amides is 1. The lowest BCUT2D eigenvalue weighted by atomic mass is 9.85. The first-order valence-electron chi connectivity index (χ1n) is 8.62. The molecule has 0 aromatic carbocycles. The Labute approximate surface area is 142 Å². The summed E-state index contributed by atoms with van der Waals surface area (Å²) in [6.45, 7) is 6.50. The molecule has 1 aliphatic rings. The molecular formula is C19H25N3O2. The average molecular weight is 327 g/mol. The molecule has 2 aromatic heterocycles. The van der Waals surface area contributed by atoms with Crippen molar-refractivity contribution in [3.05, 3.63) is 47.1 Å². The normalized spacial score (nSPS) is 15.6. The molecule has 0 saturated carbocycles. The molecule has 0 saturated heterocycles. The SMILES string of the molecule is CC(C)(C)CC(NC(=O)c1onc2c1CCCC2)c1cccnc1. The van der Waals surface area contributed by atoms with Gasteiger partial charge in [0.05, 0.1) is 11.7 Å². The van der Waals surface area contributed by atoms with Crippen LogP contribution >= 0.6 is 0 Å². The van der Waals surface area contributed by atoms with E-state index in [9.17, 15) is 4.79 Å². The summed E-state index contributed by atoms with van der Waals surface area (Å²) in [4.78, 5) is 17.0. The van der Waals surface area contributed by atoms with Crippen LogP contribution < -0.4 is 5.32 Å². The van der Waals surface area contributed by atoms with Crippen LogP contribution in [0.25, 0.3) is 0 Å². The topological polar surface area (TPSA) is 68.0 Å². The smallest absolute Gasteiger partial charge is 0.290 e. The van der Waals surface area contributed by atoms with Gasteiger partial charge < -0.3 is 9.84 Å². The van der Waals surface area contributed by atoms with Crippen molar-refractivity contribution in [3.8, 4) is 0 Å². The maximum absolute atomic E-state index is 12.8. The summed E-state index contributed by atoms with van der Waals surface area (Å²) in [5.41, 5.74) is 3.02. The van der Waals surface area contributed by atoms with Crippen molar-refractivity contribution in [2.24, 2.45) is 5.41 Å². The Bertz CT molecular complexity index is 701. The van der Waals surface area contributed by atoms with Gasteiger partial charge in [-0.25, -0.2) is 0 Å². The van der Waals surface area contributed by atoms with Crippen molar-refractivity contribution >= 4 is 5.91 Å². The monoisotopic (exact) mass is 327 g/mol. The van der Waals surface area contributed by atoms with Crippen molar-refractivity contribution in [1.29, 1.82) is 0 Å². The zero-order chi connectivity index (χ0) is 17.2. The maximum Gasteiger partial charge on any atom is 0.290 e. The second kappa shape index (κ2) is 6.75. The standard InChI is InChI=1S/C19H25N3O2/c1-19(2,3)11-16(13-7-6-10-20-12-13)21-18(23)17-14-8-4-5-9-15(14)22-24-17/h6-7,10,12,16H,4-5,8-9,11H2,1-3H3,(H,21,23). The van der Waals surface area contributed by atoms with Crippen LogP contribution in [0.2, 0.25) is 0 Å². The van der Waals surface area contributed by atoms with Crippen LogP contribution in [0.15, 0.2) is 29.0 Å². The first kappa shape index (κ1) is 16.7. The van der Waals surface area contributed by atoms with Crippen LogP contribution in [-0.2, 0) is 12.8 Å². The van der Waals surface area contributed by atoms with Crippen molar-refractivity contribution < 1.29 is 9.32 Å². The molecule has 1 unspecified atom stereocenters. The van der Waals surface area contributed by atoms with Crippen LogP contribution in [0, 0.1) is 5.41 Å². The third kappa shape index (κ3) is 3.83. The molecule has 0 aliphatic heterocycles. The predicted octanol–water partition coefficient (Wildman–Crippen LogP) is 3.86. The van der Waals surface area contributed by atoms with Crippen LogP contribution in [0.4, 0.5) is 0 Å². The van der Waals surface area contributed by atoms with Gasteiger partial charge in [-0.3, -0.25) is 9.78 Å². The van der Waals surface area contributed by atoms with Gasteiger partial charge >= 0.3 is 0 Å². The lowest BCUT2D eigenvalue weighted by Gasteiger charge is -2.26. The van der Waals surface area contributed by atoms with E-state index in [1.54, 1.807) is 6.20 Å². The largest absolute Gasteiger partial charge is 0.350 e. The van der Waals surface area contributed by atoms with Gasteiger partial charge in [0.1, 0.15) is 0 Å². The fourth-order valence-electron chi connectivity index (χ4n) is 3.24. The van der Waals surface area contributed by atoms with Gasteiger partial charge in [0, 0.05) is 18.0 Å². The Hall–Kier alpha value is -2.17. The number of hydrogen-bond donors (Lipinski definition) is 1. The maximum atomic E-state index is 12.8. The molecule has 0 fully saturated rings. The molecule has 0 spiro atoms. The minimum Gasteiger partial charge on any atom is -0.350 e. The molecule has 0 bridgehead atoms. The molecule has 1 N–H and O–H groups in total. The van der Waals surface area contributed by atoms with Gasteiger partial charge in [-0.2, -0.15) is 0 Å². The van der Waals surface area contributed by atoms with E-state index in [1.165, 1.54) is 0 Å². The summed E-state index contributed by atoms with van der Waals surface area (Å²) < 4.78 is 5.37. The molecule has 1 amide bonds. The molecule has 1 aliphatic carbocycles. The lowest BCUT2D eigenvalue weighted by Crippen LogP contribution is -2.31. The van der Waals surface area contributed by atoms with Crippen LogP contribution in [0.1, 0.15) is 73.5 Å². The second-order valence-corrected chi connectivity index (χ2v) is 7.72. The predicted molar refractivity (Wildman–Crippen MR) is 91.7 cm³/mol. The van der Waals surface area contributed by atoms with Crippen LogP contribution in [-0.4, -0.2) is 16.0 Å². The van der Waals surface area contributed by atoms with Gasteiger partial charge in [0.15, 0.2) is 0 Å². The molecule has 5 heteroatoms. The highest BCUT2D eigenvalue weighted by atomic mass is 16.5. The highest BCUT2D eigenvalue weighted by Crippen LogP contribution is 2.30. The van der Waals surface area contributed by atoms with Crippen LogP contribution in [0.3, 0.4) is 0 Å². The highest BCUT2D eigenvalue weighted by Gasteiger charge is 2.28. The number of rotatable bonds is 4. The number of aryl methyl sites for hydroxylation is 1. The first-order chi connectivity index (χ1) is 11.4. The zero-order valence-corrected chi connectivity index (χ0v) is 14.6. The zero-order valence-electron chi connectivity index (χ0n) is 14.6. The van der Waals surface area contributed by atoms with E-state index < -0.39 is 0 Å².